The normalized spacial score (nSPS) is 10.9. The van der Waals surface area contributed by atoms with Gasteiger partial charge in [0.25, 0.3) is 0 Å². The molecule has 0 aliphatic carbocycles. The van der Waals surface area contributed by atoms with Crippen LogP contribution in [0.3, 0.4) is 0 Å². The van der Waals surface area contributed by atoms with Crippen LogP contribution in [0.4, 0.5) is 0 Å². The lowest BCUT2D eigenvalue weighted by atomic mass is 10.0. The number of carbonyl (C=O) groups excluding carboxylic acids is 1. The van der Waals surface area contributed by atoms with Crippen LogP contribution in [0.25, 0.3) is 0 Å². The molecule has 0 radical (unpaired) electrons. The van der Waals surface area contributed by atoms with Crippen molar-refractivity contribution in [1.82, 2.24) is 0 Å². The molecule has 1 rings (SSSR count). The van der Waals surface area contributed by atoms with Crippen molar-refractivity contribution < 1.29 is 4.79 Å². The summed E-state index contributed by atoms with van der Waals surface area (Å²) in [5.41, 5.74) is 3.96. The molecule has 15 heavy (non-hydrogen) atoms. The van der Waals surface area contributed by atoms with Gasteiger partial charge >= 0.3 is 0 Å². The molecule has 0 bridgehead atoms. The zero-order chi connectivity index (χ0) is 11.3. The molecule has 0 fully saturated rings. The summed E-state index contributed by atoms with van der Waals surface area (Å²) in [5.74, 6) is 0.121. The Morgan fingerprint density at radius 3 is 2.33 bits per heavy atom. The number of hydrogen-bond donors (Lipinski definition) is 0. The van der Waals surface area contributed by atoms with Gasteiger partial charge in [0.1, 0.15) is 0 Å². The summed E-state index contributed by atoms with van der Waals surface area (Å²) in [7, 11) is 0. The highest BCUT2D eigenvalue weighted by atomic mass is 16.1. The van der Waals surface area contributed by atoms with Crippen LogP contribution in [0, 0.1) is 13.8 Å². The number of benzene rings is 1. The fourth-order valence-corrected chi connectivity index (χ4v) is 1.71. The van der Waals surface area contributed by atoms with Crippen molar-refractivity contribution in [2.24, 2.45) is 0 Å². The predicted molar refractivity (Wildman–Crippen MR) is 64.1 cm³/mol. The molecule has 0 aliphatic heterocycles. The van der Waals surface area contributed by atoms with Crippen LogP contribution < -0.4 is 0 Å². The molecule has 0 atom stereocenters. The second kappa shape index (κ2) is 5.50. The first kappa shape index (κ1) is 11.7. The van der Waals surface area contributed by atoms with E-state index in [2.05, 4.69) is 32.0 Å². The number of allylic oxidation sites excluding steroid dienone is 2. The molecular weight excluding hydrogens is 184 g/mol. The van der Waals surface area contributed by atoms with E-state index in [1.807, 2.05) is 6.08 Å². The van der Waals surface area contributed by atoms with Crippen LogP contribution in [-0.4, -0.2) is 5.78 Å². The highest BCUT2D eigenvalue weighted by Gasteiger charge is 1.94. The molecule has 0 aromatic heterocycles. The van der Waals surface area contributed by atoms with Crippen molar-refractivity contribution in [3.63, 3.8) is 0 Å². The van der Waals surface area contributed by atoms with Crippen LogP contribution in [0.1, 0.15) is 30.0 Å². The van der Waals surface area contributed by atoms with Crippen molar-refractivity contribution in [3.8, 4) is 0 Å². The predicted octanol–water partition coefficient (Wildman–Crippen LogP) is 3.38. The van der Waals surface area contributed by atoms with E-state index in [1.54, 1.807) is 13.0 Å². The lowest BCUT2D eigenvalue weighted by molar-refractivity contribution is -0.112. The van der Waals surface area contributed by atoms with Gasteiger partial charge in [-0.2, -0.15) is 0 Å². The third-order valence-corrected chi connectivity index (χ3v) is 2.23. The molecule has 0 aliphatic rings. The van der Waals surface area contributed by atoms with E-state index >= 15 is 0 Å². The Morgan fingerprint density at radius 2 is 1.80 bits per heavy atom. The van der Waals surface area contributed by atoms with E-state index in [9.17, 15) is 4.79 Å². The van der Waals surface area contributed by atoms with Gasteiger partial charge in [-0.1, -0.05) is 35.4 Å². The van der Waals surface area contributed by atoms with Crippen LogP contribution in [0.5, 0.6) is 0 Å². The molecule has 0 saturated carbocycles. The minimum absolute atomic E-state index is 0.121. The third kappa shape index (κ3) is 4.59. The zero-order valence-corrected chi connectivity index (χ0v) is 9.71. The minimum atomic E-state index is 0.121. The Kier molecular flexibility index (Phi) is 4.29. The van der Waals surface area contributed by atoms with Crippen LogP contribution in [0.2, 0.25) is 0 Å². The van der Waals surface area contributed by atoms with Crippen LogP contribution >= 0.6 is 0 Å². The highest BCUT2D eigenvalue weighted by molar-refractivity contribution is 5.87. The number of carbonyl (C=O) groups is 1. The van der Waals surface area contributed by atoms with Gasteiger partial charge in [-0.05, 0) is 45.3 Å². The van der Waals surface area contributed by atoms with E-state index in [0.29, 0.717) is 0 Å². The molecule has 0 amide bonds. The summed E-state index contributed by atoms with van der Waals surface area (Å²) in [6.07, 6.45) is 5.53. The Morgan fingerprint density at radius 1 is 1.20 bits per heavy atom. The second-order valence-electron chi connectivity index (χ2n) is 4.05. The van der Waals surface area contributed by atoms with Gasteiger partial charge in [0.05, 0.1) is 0 Å². The van der Waals surface area contributed by atoms with Crippen molar-refractivity contribution in [2.45, 2.75) is 33.6 Å². The zero-order valence-electron chi connectivity index (χ0n) is 9.71. The first-order chi connectivity index (χ1) is 7.08. The van der Waals surface area contributed by atoms with Crippen LogP contribution in [0.15, 0.2) is 30.4 Å². The Labute approximate surface area is 91.8 Å². The Balaban J connectivity index is 2.54. The smallest absolute Gasteiger partial charge is 0.152 e. The van der Waals surface area contributed by atoms with Gasteiger partial charge in [0.2, 0.25) is 0 Å². The molecule has 1 aromatic carbocycles. The summed E-state index contributed by atoms with van der Waals surface area (Å²) >= 11 is 0. The summed E-state index contributed by atoms with van der Waals surface area (Å²) in [5, 5.41) is 0. The van der Waals surface area contributed by atoms with Gasteiger partial charge < -0.3 is 0 Å². The number of ketones is 1. The Hall–Kier alpha value is -1.37. The first-order valence-electron chi connectivity index (χ1n) is 5.32. The highest BCUT2D eigenvalue weighted by Crippen LogP contribution is 2.10. The number of rotatable bonds is 4. The van der Waals surface area contributed by atoms with E-state index in [4.69, 9.17) is 0 Å². The van der Waals surface area contributed by atoms with Crippen molar-refractivity contribution >= 4 is 5.78 Å². The lowest BCUT2D eigenvalue weighted by Gasteiger charge is -2.02. The molecule has 1 nitrogen and oxygen atoms in total. The maximum Gasteiger partial charge on any atom is 0.152 e. The molecule has 0 unspecified atom stereocenters. The van der Waals surface area contributed by atoms with Gasteiger partial charge in [-0.3, -0.25) is 4.79 Å². The maximum absolute atomic E-state index is 10.7. The van der Waals surface area contributed by atoms with Crippen molar-refractivity contribution in [1.29, 1.82) is 0 Å². The molecule has 0 N–H and O–H groups in total. The van der Waals surface area contributed by atoms with E-state index < -0.39 is 0 Å². The monoisotopic (exact) mass is 202 g/mol. The molecule has 1 aromatic rings. The van der Waals surface area contributed by atoms with Gasteiger partial charge in [0.15, 0.2) is 5.78 Å². The van der Waals surface area contributed by atoms with Gasteiger partial charge in [-0.15, -0.1) is 0 Å². The standard InChI is InChI=1S/C14H18O/c1-11-8-12(2)10-14(9-11)7-5-4-6-13(3)15/h4,6,8-10H,5,7H2,1-3H3/b6-4+. The summed E-state index contributed by atoms with van der Waals surface area (Å²) in [6.45, 7) is 5.80. The number of hydrogen-bond acceptors (Lipinski definition) is 1. The average Bonchev–Trinajstić information content (AvgIpc) is 2.10. The number of aryl methyl sites for hydroxylation is 3. The quantitative estimate of drug-likeness (QED) is 0.684. The second-order valence-corrected chi connectivity index (χ2v) is 4.05. The summed E-state index contributed by atoms with van der Waals surface area (Å²) in [6, 6.07) is 6.58. The molecule has 0 saturated heterocycles. The molecule has 80 valence electrons. The summed E-state index contributed by atoms with van der Waals surface area (Å²) in [4.78, 5) is 10.7. The summed E-state index contributed by atoms with van der Waals surface area (Å²) < 4.78 is 0. The van der Waals surface area contributed by atoms with Gasteiger partial charge in [-0.25, -0.2) is 0 Å². The maximum atomic E-state index is 10.7. The fourth-order valence-electron chi connectivity index (χ4n) is 1.71. The van der Waals surface area contributed by atoms with Crippen LogP contribution in [-0.2, 0) is 11.2 Å². The molecule has 0 heterocycles. The topological polar surface area (TPSA) is 17.1 Å². The van der Waals surface area contributed by atoms with E-state index in [0.717, 1.165) is 12.8 Å². The molecular formula is C14H18O. The van der Waals surface area contributed by atoms with Gasteiger partial charge in [0, 0.05) is 0 Å². The Bertz CT molecular complexity index is 355. The third-order valence-electron chi connectivity index (χ3n) is 2.23. The molecule has 1 heteroatoms. The molecule has 0 spiro atoms. The first-order valence-corrected chi connectivity index (χ1v) is 5.32. The lowest BCUT2D eigenvalue weighted by Crippen LogP contribution is -1.87. The van der Waals surface area contributed by atoms with Crippen molar-refractivity contribution in [2.75, 3.05) is 0 Å². The van der Waals surface area contributed by atoms with E-state index in [1.165, 1.54) is 16.7 Å². The fraction of sp³-hybridized carbons (Fsp3) is 0.357. The minimum Gasteiger partial charge on any atom is -0.295 e. The van der Waals surface area contributed by atoms with E-state index in [-0.39, 0.29) is 5.78 Å². The van der Waals surface area contributed by atoms with Crippen molar-refractivity contribution in [3.05, 3.63) is 47.0 Å². The average molecular weight is 202 g/mol. The SMILES string of the molecule is CC(=O)/C=C/CCc1cc(C)cc(C)c1. The largest absolute Gasteiger partial charge is 0.295 e.